The fraction of sp³-hybridized carbons (Fsp3) is 1.00. The number of hydrogen-bond donors (Lipinski definition) is 3. The van der Waals surface area contributed by atoms with E-state index in [1.54, 1.807) is 14.2 Å². The Balaban J connectivity index is 2.09. The highest BCUT2D eigenvalue weighted by molar-refractivity contribution is 4.73. The summed E-state index contributed by atoms with van der Waals surface area (Å²) < 4.78 is 10.1. The van der Waals surface area contributed by atoms with Gasteiger partial charge in [-0.2, -0.15) is 0 Å². The van der Waals surface area contributed by atoms with E-state index in [1.165, 1.54) is 0 Å². The molecule has 0 spiro atoms. The molecular formula is C8H19N3O2. The van der Waals surface area contributed by atoms with Gasteiger partial charge in [-0.25, -0.2) is 0 Å². The van der Waals surface area contributed by atoms with E-state index in [1.807, 2.05) is 0 Å². The van der Waals surface area contributed by atoms with Gasteiger partial charge in [0.05, 0.1) is 6.17 Å². The molecule has 1 unspecified atom stereocenters. The minimum Gasteiger partial charge on any atom is -0.355 e. The first-order chi connectivity index (χ1) is 6.36. The van der Waals surface area contributed by atoms with Gasteiger partial charge >= 0.3 is 0 Å². The van der Waals surface area contributed by atoms with E-state index in [4.69, 9.17) is 9.47 Å². The molecule has 1 aliphatic heterocycles. The Kier molecular flexibility index (Phi) is 5.26. The Bertz CT molecular complexity index is 125. The van der Waals surface area contributed by atoms with Crippen molar-refractivity contribution in [3.8, 4) is 0 Å². The second-order valence-electron chi connectivity index (χ2n) is 3.02. The van der Waals surface area contributed by atoms with Crippen LogP contribution in [0.25, 0.3) is 0 Å². The van der Waals surface area contributed by atoms with Crippen molar-refractivity contribution in [1.82, 2.24) is 16.0 Å². The lowest BCUT2D eigenvalue weighted by Gasteiger charge is -2.26. The first-order valence-corrected chi connectivity index (χ1v) is 4.60. The van der Waals surface area contributed by atoms with Gasteiger partial charge in [-0.3, -0.25) is 10.6 Å². The maximum Gasteiger partial charge on any atom is 0.169 e. The van der Waals surface area contributed by atoms with Crippen molar-refractivity contribution in [3.63, 3.8) is 0 Å². The smallest absolute Gasteiger partial charge is 0.169 e. The van der Waals surface area contributed by atoms with E-state index in [-0.39, 0.29) is 6.29 Å². The third-order valence-electron chi connectivity index (χ3n) is 2.10. The van der Waals surface area contributed by atoms with Gasteiger partial charge < -0.3 is 14.8 Å². The Morgan fingerprint density at radius 2 is 2.15 bits per heavy atom. The number of piperazine rings is 1. The maximum absolute atomic E-state index is 5.06. The Morgan fingerprint density at radius 3 is 2.69 bits per heavy atom. The predicted molar refractivity (Wildman–Crippen MR) is 50.5 cm³/mol. The topological polar surface area (TPSA) is 54.5 Å². The summed E-state index contributed by atoms with van der Waals surface area (Å²) in [5, 5.41) is 9.93. The zero-order valence-electron chi connectivity index (χ0n) is 8.30. The van der Waals surface area contributed by atoms with Crippen LogP contribution in [-0.4, -0.2) is 52.9 Å². The first kappa shape index (κ1) is 10.9. The number of rotatable bonds is 5. The Morgan fingerprint density at radius 1 is 1.38 bits per heavy atom. The van der Waals surface area contributed by atoms with Crippen LogP contribution >= 0.6 is 0 Å². The molecule has 0 radical (unpaired) electrons. The highest BCUT2D eigenvalue weighted by Gasteiger charge is 2.13. The van der Waals surface area contributed by atoms with E-state index in [0.29, 0.717) is 12.7 Å². The fourth-order valence-electron chi connectivity index (χ4n) is 1.30. The molecule has 0 saturated carbocycles. The number of nitrogens with one attached hydrogen (secondary N) is 3. The molecule has 0 amide bonds. The molecule has 1 rings (SSSR count). The molecule has 1 heterocycles. The van der Waals surface area contributed by atoms with Crippen LogP contribution in [0, 0.1) is 0 Å². The number of hydrogen-bond acceptors (Lipinski definition) is 5. The highest BCUT2D eigenvalue weighted by atomic mass is 16.7. The lowest BCUT2D eigenvalue weighted by atomic mass is 10.3. The Labute approximate surface area is 79.2 Å². The second-order valence-corrected chi connectivity index (χ2v) is 3.02. The molecule has 1 atom stereocenters. The highest BCUT2D eigenvalue weighted by Crippen LogP contribution is 1.89. The fourth-order valence-corrected chi connectivity index (χ4v) is 1.30. The zero-order chi connectivity index (χ0) is 9.52. The van der Waals surface area contributed by atoms with Crippen LogP contribution in [0.2, 0.25) is 0 Å². The molecule has 0 bridgehead atoms. The van der Waals surface area contributed by atoms with Crippen molar-refractivity contribution in [3.05, 3.63) is 0 Å². The normalized spacial score (nSPS) is 23.8. The van der Waals surface area contributed by atoms with E-state index >= 15 is 0 Å². The van der Waals surface area contributed by atoms with Crippen molar-refractivity contribution in [2.24, 2.45) is 0 Å². The third kappa shape index (κ3) is 4.02. The molecule has 3 N–H and O–H groups in total. The van der Waals surface area contributed by atoms with Crippen LogP contribution in [0.3, 0.4) is 0 Å². The number of methoxy groups -OCH3 is 2. The minimum absolute atomic E-state index is 0.163. The van der Waals surface area contributed by atoms with E-state index in [9.17, 15) is 0 Å². The van der Waals surface area contributed by atoms with Gasteiger partial charge in [0.15, 0.2) is 6.29 Å². The van der Waals surface area contributed by atoms with Crippen molar-refractivity contribution in [2.75, 3.05) is 40.4 Å². The van der Waals surface area contributed by atoms with Gasteiger partial charge in [-0.1, -0.05) is 0 Å². The van der Waals surface area contributed by atoms with E-state index < -0.39 is 0 Å². The summed E-state index contributed by atoms with van der Waals surface area (Å²) in [4.78, 5) is 0. The summed E-state index contributed by atoms with van der Waals surface area (Å²) >= 11 is 0. The lowest BCUT2D eigenvalue weighted by molar-refractivity contribution is -0.100. The van der Waals surface area contributed by atoms with Crippen LogP contribution in [0.15, 0.2) is 0 Å². The van der Waals surface area contributed by atoms with Gasteiger partial charge in [-0.05, 0) is 0 Å². The maximum atomic E-state index is 5.06. The summed E-state index contributed by atoms with van der Waals surface area (Å²) in [6, 6.07) is 0. The second kappa shape index (κ2) is 6.28. The third-order valence-corrected chi connectivity index (χ3v) is 2.10. The molecular weight excluding hydrogens is 170 g/mol. The summed E-state index contributed by atoms with van der Waals surface area (Å²) in [7, 11) is 3.28. The first-order valence-electron chi connectivity index (χ1n) is 4.60. The lowest BCUT2D eigenvalue weighted by Crippen LogP contribution is -2.56. The molecule has 5 heteroatoms. The molecule has 0 aliphatic carbocycles. The van der Waals surface area contributed by atoms with Crippen LogP contribution in [0.4, 0.5) is 0 Å². The molecule has 0 aromatic heterocycles. The molecule has 1 saturated heterocycles. The SMILES string of the molecule is COC(CNC1CNCCN1)OC. The van der Waals surface area contributed by atoms with E-state index in [0.717, 1.165) is 19.6 Å². The van der Waals surface area contributed by atoms with Crippen LogP contribution < -0.4 is 16.0 Å². The van der Waals surface area contributed by atoms with Crippen molar-refractivity contribution >= 4 is 0 Å². The monoisotopic (exact) mass is 189 g/mol. The molecule has 78 valence electrons. The Hall–Kier alpha value is -0.200. The van der Waals surface area contributed by atoms with Gasteiger partial charge in [0.25, 0.3) is 0 Å². The molecule has 5 nitrogen and oxygen atoms in total. The van der Waals surface area contributed by atoms with Crippen LogP contribution in [0.1, 0.15) is 0 Å². The average Bonchev–Trinajstić information content (AvgIpc) is 2.21. The van der Waals surface area contributed by atoms with Gasteiger partial charge in [0.1, 0.15) is 0 Å². The van der Waals surface area contributed by atoms with Crippen molar-refractivity contribution < 1.29 is 9.47 Å². The standard InChI is InChI=1S/C8H19N3O2/c1-12-8(13-2)6-11-7-5-9-3-4-10-7/h7-11H,3-6H2,1-2H3. The summed E-state index contributed by atoms with van der Waals surface area (Å²) in [5.74, 6) is 0. The molecule has 0 aromatic carbocycles. The molecule has 1 aliphatic rings. The average molecular weight is 189 g/mol. The van der Waals surface area contributed by atoms with Crippen LogP contribution in [0.5, 0.6) is 0 Å². The summed E-state index contributed by atoms with van der Waals surface area (Å²) in [6.07, 6.45) is 0.158. The largest absolute Gasteiger partial charge is 0.355 e. The van der Waals surface area contributed by atoms with Crippen LogP contribution in [-0.2, 0) is 9.47 Å². The van der Waals surface area contributed by atoms with Gasteiger partial charge in [0, 0.05) is 40.4 Å². The van der Waals surface area contributed by atoms with Gasteiger partial charge in [-0.15, -0.1) is 0 Å². The molecule has 13 heavy (non-hydrogen) atoms. The van der Waals surface area contributed by atoms with Crippen molar-refractivity contribution in [2.45, 2.75) is 12.5 Å². The predicted octanol–water partition coefficient (Wildman–Crippen LogP) is -1.29. The van der Waals surface area contributed by atoms with Crippen molar-refractivity contribution in [1.29, 1.82) is 0 Å². The quantitative estimate of drug-likeness (QED) is 0.470. The van der Waals surface area contributed by atoms with Gasteiger partial charge in [0.2, 0.25) is 0 Å². The summed E-state index contributed by atoms with van der Waals surface area (Å²) in [6.45, 7) is 3.69. The zero-order valence-corrected chi connectivity index (χ0v) is 8.30. The summed E-state index contributed by atoms with van der Waals surface area (Å²) in [5.41, 5.74) is 0. The molecule has 0 aromatic rings. The minimum atomic E-state index is -0.163. The number of ether oxygens (including phenoxy) is 2. The molecule has 1 fully saturated rings. The van der Waals surface area contributed by atoms with E-state index in [2.05, 4.69) is 16.0 Å².